The first-order chi connectivity index (χ1) is 4.31. The van der Waals surface area contributed by atoms with Crippen molar-refractivity contribution in [2.75, 3.05) is 6.61 Å². The van der Waals surface area contributed by atoms with Crippen LogP contribution in [0.2, 0.25) is 0 Å². The number of aliphatic hydroxyl groups is 1. The van der Waals surface area contributed by atoms with E-state index in [1.807, 2.05) is 0 Å². The number of terminal acetylenes is 1. The average molecular weight is 125 g/mol. The van der Waals surface area contributed by atoms with Gasteiger partial charge in [-0.1, -0.05) is 5.92 Å². The molecule has 4 heteroatoms. The number of aliphatic hydroxyl groups excluding tert-OH is 1. The summed E-state index contributed by atoms with van der Waals surface area (Å²) in [5, 5.41) is 16.3. The van der Waals surface area contributed by atoms with Gasteiger partial charge >= 0.3 is 12.1 Å². The Bertz CT molecular complexity index is 184. The lowest BCUT2D eigenvalue weighted by Crippen LogP contribution is -1.89. The van der Waals surface area contributed by atoms with E-state index < -0.39 is 5.95 Å². The molecule has 4 nitrogen and oxygen atoms in total. The number of nitrogens with zero attached hydrogens (tertiary/aromatic N) is 2. The maximum atomic E-state index is 8.47. The molecule has 46 valence electrons. The Hall–Kier alpha value is -1.68. The quantitative estimate of drug-likeness (QED) is 0.338. The molecule has 0 saturated carbocycles. The molecular weight excluding hydrogens is 120 g/mol. The number of hydrogen-bond acceptors (Lipinski definition) is 3. The molecule has 0 spiro atoms. The minimum Gasteiger partial charge on any atom is -0.476 e. The summed E-state index contributed by atoms with van der Waals surface area (Å²) in [6.07, 6.45) is 5.50. The van der Waals surface area contributed by atoms with E-state index in [1.54, 1.807) is 0 Å². The molecule has 0 amide bonds. The molecule has 0 aliphatic carbocycles. The minimum atomic E-state index is -0.504. The summed E-state index contributed by atoms with van der Waals surface area (Å²) in [6.45, 7) is -0.0438. The Labute approximate surface area is 52.4 Å². The summed E-state index contributed by atoms with van der Waals surface area (Å²) in [5.74, 6) is 1.61. The van der Waals surface area contributed by atoms with Crippen LogP contribution in [-0.4, -0.2) is 11.7 Å². The zero-order chi connectivity index (χ0) is 7.11. The van der Waals surface area contributed by atoms with Crippen LogP contribution >= 0.6 is 0 Å². The monoisotopic (exact) mass is 125 g/mol. The number of diazo groups is 1. The molecule has 0 aromatic carbocycles. The van der Waals surface area contributed by atoms with Crippen molar-refractivity contribution in [3.8, 4) is 12.3 Å². The summed E-state index contributed by atoms with van der Waals surface area (Å²) >= 11 is 0. The second kappa shape index (κ2) is 4.48. The number of ether oxygens (including phenoxy) is 1. The van der Waals surface area contributed by atoms with Crippen LogP contribution in [-0.2, 0) is 4.74 Å². The second-order valence-corrected chi connectivity index (χ2v) is 1.08. The van der Waals surface area contributed by atoms with E-state index in [4.69, 9.17) is 16.9 Å². The zero-order valence-electron chi connectivity index (χ0n) is 4.61. The van der Waals surface area contributed by atoms with Gasteiger partial charge in [-0.3, -0.25) is 0 Å². The third-order valence-electron chi connectivity index (χ3n) is 0.472. The second-order valence-electron chi connectivity index (χ2n) is 1.08. The molecule has 0 fully saturated rings. The number of rotatable bonds is 2. The highest BCUT2D eigenvalue weighted by Gasteiger charge is 1.96. The summed E-state index contributed by atoms with van der Waals surface area (Å²) in [5.41, 5.74) is 0. The van der Waals surface area contributed by atoms with Gasteiger partial charge in [-0.05, 0) is 0 Å². The Morgan fingerprint density at radius 1 is 2.00 bits per heavy atom. The molecule has 1 N–H and O–H groups in total. The number of hydrogen-bond donors (Lipinski definition) is 1. The maximum absolute atomic E-state index is 8.47. The molecule has 0 aromatic heterocycles. The molecule has 0 unspecified atom stereocenters. The van der Waals surface area contributed by atoms with E-state index >= 15 is 0 Å². The molecular formula is C5H5N2O2+. The highest BCUT2D eigenvalue weighted by molar-refractivity contribution is 4.91. The van der Waals surface area contributed by atoms with Gasteiger partial charge in [0.15, 0.2) is 11.6 Å². The van der Waals surface area contributed by atoms with Crippen molar-refractivity contribution >= 4 is 0 Å². The largest absolute Gasteiger partial charge is 0.476 e. The van der Waals surface area contributed by atoms with Gasteiger partial charge in [0.2, 0.25) is 5.39 Å². The van der Waals surface area contributed by atoms with Crippen LogP contribution in [0.15, 0.2) is 12.1 Å². The van der Waals surface area contributed by atoms with Crippen molar-refractivity contribution in [3.05, 3.63) is 17.1 Å². The van der Waals surface area contributed by atoms with Crippen molar-refractivity contribution in [1.82, 2.24) is 0 Å². The summed E-state index contributed by atoms with van der Waals surface area (Å²) in [4.78, 5) is 2.48. The van der Waals surface area contributed by atoms with Gasteiger partial charge in [0.05, 0.1) is 0 Å². The van der Waals surface area contributed by atoms with Gasteiger partial charge in [0.25, 0.3) is 0 Å². The van der Waals surface area contributed by atoms with Crippen LogP contribution in [0.25, 0.3) is 4.98 Å². The molecule has 0 bridgehead atoms. The van der Waals surface area contributed by atoms with Gasteiger partial charge in [-0.2, -0.15) is 0 Å². The van der Waals surface area contributed by atoms with E-state index in [9.17, 15) is 0 Å². The van der Waals surface area contributed by atoms with Gasteiger partial charge < -0.3 is 9.84 Å². The molecule has 0 atom stereocenters. The lowest BCUT2D eigenvalue weighted by molar-refractivity contribution is 0.116. The smallest absolute Gasteiger partial charge is 0.429 e. The lowest BCUT2D eigenvalue weighted by atomic mass is 10.7. The predicted octanol–water partition coefficient (Wildman–Crippen LogP) is 0.846. The van der Waals surface area contributed by atoms with Gasteiger partial charge in [0, 0.05) is 0 Å². The SMILES string of the molecule is C#CCOC(O)=C[N+]#N. The molecule has 0 saturated heterocycles. The van der Waals surface area contributed by atoms with E-state index in [-0.39, 0.29) is 6.61 Å². The van der Waals surface area contributed by atoms with Crippen molar-refractivity contribution < 1.29 is 9.84 Å². The highest BCUT2D eigenvalue weighted by Crippen LogP contribution is 1.89. The summed E-state index contributed by atoms with van der Waals surface area (Å²) in [7, 11) is 0. The van der Waals surface area contributed by atoms with Crippen LogP contribution in [0.4, 0.5) is 0 Å². The molecule has 0 aliphatic rings. The van der Waals surface area contributed by atoms with Gasteiger partial charge in [-0.15, -0.1) is 6.42 Å². The Balaban J connectivity index is 3.56. The van der Waals surface area contributed by atoms with Crippen LogP contribution in [0, 0.1) is 17.7 Å². The first kappa shape index (κ1) is 7.32. The molecule has 0 radical (unpaired) electrons. The third kappa shape index (κ3) is 4.17. The molecule has 0 rings (SSSR count). The molecule has 0 aliphatic heterocycles. The van der Waals surface area contributed by atoms with Crippen molar-refractivity contribution in [2.24, 2.45) is 0 Å². The highest BCUT2D eigenvalue weighted by atomic mass is 16.6. The van der Waals surface area contributed by atoms with Gasteiger partial charge in [-0.25, -0.2) is 0 Å². The summed E-state index contributed by atoms with van der Waals surface area (Å²) < 4.78 is 4.36. The fraction of sp³-hybridized carbons (Fsp3) is 0.200. The van der Waals surface area contributed by atoms with Crippen LogP contribution < -0.4 is 0 Å². The average Bonchev–Trinajstić information content (AvgIpc) is 1.85. The Morgan fingerprint density at radius 3 is 3.11 bits per heavy atom. The third-order valence-corrected chi connectivity index (χ3v) is 0.472. The fourth-order valence-corrected chi connectivity index (χ4v) is 0.202. The van der Waals surface area contributed by atoms with E-state index in [0.29, 0.717) is 0 Å². The Kier molecular flexibility index (Phi) is 3.64. The van der Waals surface area contributed by atoms with E-state index in [0.717, 1.165) is 6.20 Å². The van der Waals surface area contributed by atoms with Crippen molar-refractivity contribution in [2.45, 2.75) is 0 Å². The molecule has 0 aromatic rings. The molecule has 9 heavy (non-hydrogen) atoms. The van der Waals surface area contributed by atoms with Crippen LogP contribution in [0.5, 0.6) is 0 Å². The van der Waals surface area contributed by atoms with E-state index in [1.165, 1.54) is 0 Å². The lowest BCUT2D eigenvalue weighted by Gasteiger charge is -1.90. The summed E-state index contributed by atoms with van der Waals surface area (Å²) in [6, 6.07) is 0. The standard InChI is InChI=1S/C5H4N2O2/c1-2-3-9-5(8)4-7-6/h1,4H,3H2/p+1. The Morgan fingerprint density at radius 2 is 2.67 bits per heavy atom. The zero-order valence-corrected chi connectivity index (χ0v) is 4.61. The predicted molar refractivity (Wildman–Crippen MR) is 30.6 cm³/mol. The normalized spacial score (nSPS) is 9.33. The topological polar surface area (TPSA) is 57.6 Å². The van der Waals surface area contributed by atoms with Crippen molar-refractivity contribution in [3.63, 3.8) is 0 Å². The first-order valence-corrected chi connectivity index (χ1v) is 2.11. The first-order valence-electron chi connectivity index (χ1n) is 2.11. The van der Waals surface area contributed by atoms with E-state index in [2.05, 4.69) is 15.6 Å². The fourth-order valence-electron chi connectivity index (χ4n) is 0.202. The van der Waals surface area contributed by atoms with Gasteiger partial charge in [0.1, 0.15) is 0 Å². The van der Waals surface area contributed by atoms with Crippen molar-refractivity contribution in [1.29, 1.82) is 5.39 Å². The minimum absolute atomic E-state index is 0.0438. The maximum Gasteiger partial charge on any atom is 0.429 e. The molecule has 0 heterocycles. The van der Waals surface area contributed by atoms with Crippen LogP contribution in [0.1, 0.15) is 0 Å². The van der Waals surface area contributed by atoms with Crippen LogP contribution in [0.3, 0.4) is 0 Å².